The molecule has 0 radical (unpaired) electrons. The van der Waals surface area contributed by atoms with Crippen molar-refractivity contribution in [2.75, 3.05) is 26.7 Å². The van der Waals surface area contributed by atoms with Crippen molar-refractivity contribution in [1.29, 1.82) is 0 Å². The van der Waals surface area contributed by atoms with Crippen molar-refractivity contribution in [2.45, 2.75) is 52.2 Å². The summed E-state index contributed by atoms with van der Waals surface area (Å²) in [5.74, 6) is 1.01. The predicted molar refractivity (Wildman–Crippen MR) is 112 cm³/mol. The van der Waals surface area contributed by atoms with Crippen LogP contribution in [0.4, 0.5) is 8.78 Å². The van der Waals surface area contributed by atoms with Crippen LogP contribution < -0.4 is 25.4 Å². The van der Waals surface area contributed by atoms with Crippen molar-refractivity contribution in [2.24, 2.45) is 10.9 Å². The van der Waals surface area contributed by atoms with Crippen molar-refractivity contribution in [3.8, 4) is 11.5 Å². The predicted octanol–water partition coefficient (Wildman–Crippen LogP) is 3.05. The number of halogens is 2. The van der Waals surface area contributed by atoms with Gasteiger partial charge in [0.25, 0.3) is 0 Å². The summed E-state index contributed by atoms with van der Waals surface area (Å²) in [6, 6.07) is 5.00. The molecule has 168 valence electrons. The van der Waals surface area contributed by atoms with Crippen LogP contribution in [0, 0.1) is 5.92 Å². The van der Waals surface area contributed by atoms with Crippen LogP contribution >= 0.6 is 0 Å². The molecule has 0 heterocycles. The minimum atomic E-state index is -2.95. The van der Waals surface area contributed by atoms with Gasteiger partial charge in [-0.25, -0.2) is 0 Å². The lowest BCUT2D eigenvalue weighted by Gasteiger charge is -2.21. The SMILES string of the molecule is CCOc1cccc(CNC(=NC)NCCNC(=O)C2CCCCC2)c1OC(F)F. The number of nitrogens with one attached hydrogen (secondary N) is 3. The van der Waals surface area contributed by atoms with E-state index in [2.05, 4.69) is 25.7 Å². The third-order valence-electron chi connectivity index (χ3n) is 4.93. The molecule has 0 aromatic heterocycles. The van der Waals surface area contributed by atoms with Gasteiger partial charge < -0.3 is 25.4 Å². The number of alkyl halides is 2. The lowest BCUT2D eigenvalue weighted by atomic mass is 9.89. The van der Waals surface area contributed by atoms with E-state index in [1.54, 1.807) is 32.2 Å². The maximum absolute atomic E-state index is 12.8. The van der Waals surface area contributed by atoms with Gasteiger partial charge in [-0.2, -0.15) is 8.78 Å². The molecule has 2 rings (SSSR count). The molecule has 1 fully saturated rings. The average Bonchev–Trinajstić information content (AvgIpc) is 2.75. The lowest BCUT2D eigenvalue weighted by molar-refractivity contribution is -0.125. The van der Waals surface area contributed by atoms with Gasteiger partial charge >= 0.3 is 6.61 Å². The van der Waals surface area contributed by atoms with E-state index in [1.807, 2.05) is 0 Å². The van der Waals surface area contributed by atoms with Gasteiger partial charge in [0.05, 0.1) is 6.61 Å². The number of hydrogen-bond donors (Lipinski definition) is 3. The zero-order chi connectivity index (χ0) is 21.8. The molecule has 0 unspecified atom stereocenters. The molecular weight excluding hydrogens is 394 g/mol. The summed E-state index contributed by atoms with van der Waals surface area (Å²) in [5, 5.41) is 9.12. The summed E-state index contributed by atoms with van der Waals surface area (Å²) < 4.78 is 35.7. The highest BCUT2D eigenvalue weighted by molar-refractivity contribution is 5.80. The summed E-state index contributed by atoms with van der Waals surface area (Å²) in [6.07, 6.45) is 5.38. The fraction of sp³-hybridized carbons (Fsp3) is 0.619. The van der Waals surface area contributed by atoms with Crippen LogP contribution in [0.15, 0.2) is 23.2 Å². The zero-order valence-electron chi connectivity index (χ0n) is 17.7. The number of para-hydroxylation sites is 1. The van der Waals surface area contributed by atoms with Gasteiger partial charge in [-0.3, -0.25) is 9.79 Å². The van der Waals surface area contributed by atoms with E-state index in [9.17, 15) is 13.6 Å². The van der Waals surface area contributed by atoms with Crippen LogP contribution in [0.3, 0.4) is 0 Å². The van der Waals surface area contributed by atoms with Crippen LogP contribution in [-0.4, -0.2) is 45.2 Å². The first-order valence-electron chi connectivity index (χ1n) is 10.5. The summed E-state index contributed by atoms with van der Waals surface area (Å²) in [5.41, 5.74) is 0.523. The van der Waals surface area contributed by atoms with E-state index in [0.29, 0.717) is 31.2 Å². The number of nitrogens with zero attached hydrogens (tertiary/aromatic N) is 1. The van der Waals surface area contributed by atoms with Crippen molar-refractivity contribution < 1.29 is 23.0 Å². The number of hydrogen-bond acceptors (Lipinski definition) is 4. The number of amides is 1. The van der Waals surface area contributed by atoms with Gasteiger partial charge in [-0.15, -0.1) is 0 Å². The molecule has 0 bridgehead atoms. The summed E-state index contributed by atoms with van der Waals surface area (Å²) in [4.78, 5) is 16.3. The second kappa shape index (κ2) is 12.9. The average molecular weight is 427 g/mol. The second-order valence-electron chi connectivity index (χ2n) is 7.03. The first-order valence-corrected chi connectivity index (χ1v) is 10.5. The Morgan fingerprint density at radius 1 is 1.17 bits per heavy atom. The molecule has 1 aromatic carbocycles. The third-order valence-corrected chi connectivity index (χ3v) is 4.93. The standard InChI is InChI=1S/C21H32F2N4O3/c1-3-29-17-11-7-10-16(18(17)30-20(22)23)14-27-21(24-2)26-13-12-25-19(28)15-8-5-4-6-9-15/h7,10-11,15,20H,3-6,8-9,12-14H2,1-2H3,(H,25,28)(H2,24,26,27). The fourth-order valence-electron chi connectivity index (χ4n) is 3.47. The number of ether oxygens (including phenoxy) is 2. The zero-order valence-corrected chi connectivity index (χ0v) is 17.7. The van der Waals surface area contributed by atoms with Crippen LogP contribution in [0.2, 0.25) is 0 Å². The van der Waals surface area contributed by atoms with Gasteiger partial charge in [0.15, 0.2) is 17.5 Å². The third kappa shape index (κ3) is 7.68. The maximum atomic E-state index is 12.8. The Bertz CT molecular complexity index is 695. The Labute approximate surface area is 176 Å². The van der Waals surface area contributed by atoms with Gasteiger partial charge in [0, 0.05) is 38.2 Å². The smallest absolute Gasteiger partial charge is 0.387 e. The topological polar surface area (TPSA) is 84.0 Å². The first-order chi connectivity index (χ1) is 14.5. The summed E-state index contributed by atoms with van der Waals surface area (Å²) >= 11 is 0. The Morgan fingerprint density at radius 3 is 2.57 bits per heavy atom. The minimum Gasteiger partial charge on any atom is -0.490 e. The van der Waals surface area contributed by atoms with Crippen molar-refractivity contribution in [3.63, 3.8) is 0 Å². The van der Waals surface area contributed by atoms with E-state index in [-0.39, 0.29) is 29.9 Å². The number of aliphatic imine (C=N–C) groups is 1. The van der Waals surface area contributed by atoms with Gasteiger partial charge in [-0.1, -0.05) is 31.4 Å². The molecule has 0 atom stereocenters. The Hall–Kier alpha value is -2.58. The molecule has 0 aliphatic heterocycles. The van der Waals surface area contributed by atoms with Gasteiger partial charge in [-0.05, 0) is 25.8 Å². The second-order valence-corrected chi connectivity index (χ2v) is 7.03. The Kier molecular flexibility index (Phi) is 10.2. The van der Waals surface area contributed by atoms with Gasteiger partial charge in [0.1, 0.15) is 0 Å². The fourth-order valence-corrected chi connectivity index (χ4v) is 3.47. The Morgan fingerprint density at radius 2 is 1.90 bits per heavy atom. The maximum Gasteiger partial charge on any atom is 0.387 e. The van der Waals surface area contributed by atoms with Gasteiger partial charge in [0.2, 0.25) is 5.91 Å². The molecule has 9 heteroatoms. The van der Waals surface area contributed by atoms with Crippen molar-refractivity contribution in [1.82, 2.24) is 16.0 Å². The Balaban J connectivity index is 1.82. The minimum absolute atomic E-state index is 0.0112. The molecule has 0 saturated heterocycles. The van der Waals surface area contributed by atoms with E-state index in [4.69, 9.17) is 4.74 Å². The number of carbonyl (C=O) groups is 1. The first kappa shape index (κ1) is 23.7. The highest BCUT2D eigenvalue weighted by atomic mass is 19.3. The number of guanidine groups is 1. The van der Waals surface area contributed by atoms with Crippen LogP contribution in [-0.2, 0) is 11.3 Å². The van der Waals surface area contributed by atoms with Crippen LogP contribution in [0.25, 0.3) is 0 Å². The molecule has 1 saturated carbocycles. The van der Waals surface area contributed by atoms with Crippen LogP contribution in [0.1, 0.15) is 44.6 Å². The van der Waals surface area contributed by atoms with E-state index in [0.717, 1.165) is 25.7 Å². The van der Waals surface area contributed by atoms with E-state index >= 15 is 0 Å². The lowest BCUT2D eigenvalue weighted by Crippen LogP contribution is -2.42. The molecule has 0 spiro atoms. The number of carbonyl (C=O) groups excluding carboxylic acids is 1. The highest BCUT2D eigenvalue weighted by Gasteiger charge is 2.20. The molecule has 1 aliphatic carbocycles. The monoisotopic (exact) mass is 426 g/mol. The summed E-state index contributed by atoms with van der Waals surface area (Å²) in [6.45, 7) is 0.363. The molecule has 1 aromatic rings. The molecule has 3 N–H and O–H groups in total. The molecule has 1 aliphatic rings. The molecular formula is C21H32F2N4O3. The molecule has 30 heavy (non-hydrogen) atoms. The molecule has 1 amide bonds. The normalized spacial score (nSPS) is 15.0. The number of benzene rings is 1. The van der Waals surface area contributed by atoms with Crippen LogP contribution in [0.5, 0.6) is 11.5 Å². The quantitative estimate of drug-likeness (QED) is 0.304. The van der Waals surface area contributed by atoms with E-state index < -0.39 is 6.61 Å². The van der Waals surface area contributed by atoms with Crippen molar-refractivity contribution >= 4 is 11.9 Å². The largest absolute Gasteiger partial charge is 0.490 e. The summed E-state index contributed by atoms with van der Waals surface area (Å²) in [7, 11) is 1.61. The molecule has 7 nitrogen and oxygen atoms in total. The van der Waals surface area contributed by atoms with Crippen molar-refractivity contribution in [3.05, 3.63) is 23.8 Å². The highest BCUT2D eigenvalue weighted by Crippen LogP contribution is 2.32. The van der Waals surface area contributed by atoms with E-state index in [1.165, 1.54) is 6.42 Å². The number of rotatable bonds is 10.